The smallest absolute Gasteiger partial charge is 0.209 e. The average Bonchev–Trinajstić information content (AvgIpc) is 2.39. The van der Waals surface area contributed by atoms with Gasteiger partial charge in [-0.25, -0.2) is 0 Å². The van der Waals surface area contributed by atoms with Crippen molar-refractivity contribution in [2.24, 2.45) is 5.10 Å². The zero-order valence-electron chi connectivity index (χ0n) is 10.9. The average molecular weight is 280 g/mol. The highest BCUT2D eigenvalue weighted by atomic mass is 35.5. The van der Waals surface area contributed by atoms with Gasteiger partial charge in [-0.05, 0) is 32.5 Å². The molecule has 1 aromatic heterocycles. The maximum absolute atomic E-state index is 6.69. The van der Waals surface area contributed by atoms with E-state index >= 15 is 0 Å². The summed E-state index contributed by atoms with van der Waals surface area (Å²) in [5.41, 5.74) is 4.91. The number of rotatable bonds is 2. The van der Waals surface area contributed by atoms with E-state index in [0.29, 0.717) is 6.04 Å². The number of likely N-dealkylation sites (N-methyl/N-ethyl adjacent to an activating group) is 1. The molecule has 2 unspecified atom stereocenters. The van der Waals surface area contributed by atoms with E-state index in [1.807, 2.05) is 6.07 Å². The van der Waals surface area contributed by atoms with Gasteiger partial charge in [-0.1, -0.05) is 11.6 Å². The number of nitrogens with zero attached hydrogens (tertiary/aromatic N) is 3. The molecule has 1 aromatic rings. The summed E-state index contributed by atoms with van der Waals surface area (Å²) in [5, 5.41) is 6.77. The van der Waals surface area contributed by atoms with E-state index in [0.717, 1.165) is 30.6 Å². The third kappa shape index (κ3) is 2.59. The quantitative estimate of drug-likeness (QED) is 0.628. The fraction of sp³-hybridized carbons (Fsp3) is 0.538. The van der Waals surface area contributed by atoms with E-state index in [2.05, 4.69) is 32.8 Å². The minimum absolute atomic E-state index is 0.352. The molecule has 0 amide bonds. The van der Waals surface area contributed by atoms with Crippen molar-refractivity contribution in [2.45, 2.75) is 24.0 Å². The van der Waals surface area contributed by atoms with Crippen molar-refractivity contribution in [3.8, 4) is 0 Å². The van der Waals surface area contributed by atoms with Crippen LogP contribution >= 0.6 is 11.6 Å². The molecule has 19 heavy (non-hydrogen) atoms. The number of alkyl halides is 1. The predicted molar refractivity (Wildman–Crippen MR) is 76.2 cm³/mol. The summed E-state index contributed by atoms with van der Waals surface area (Å²) in [6.07, 6.45) is 7.62. The Morgan fingerprint density at radius 1 is 1.58 bits per heavy atom. The zero-order valence-corrected chi connectivity index (χ0v) is 11.7. The van der Waals surface area contributed by atoms with Gasteiger partial charge in [-0.3, -0.25) is 15.7 Å². The topological polar surface area (TPSA) is 52.5 Å². The fourth-order valence-electron chi connectivity index (χ4n) is 2.73. The van der Waals surface area contributed by atoms with Gasteiger partial charge < -0.3 is 4.90 Å². The zero-order chi connectivity index (χ0) is 13.3. The summed E-state index contributed by atoms with van der Waals surface area (Å²) in [6.45, 7) is 2.15. The Kier molecular flexibility index (Phi) is 3.43. The Morgan fingerprint density at radius 2 is 2.47 bits per heavy atom. The summed E-state index contributed by atoms with van der Waals surface area (Å²) >= 11 is 6.69. The van der Waals surface area contributed by atoms with Crippen molar-refractivity contribution in [3.63, 3.8) is 0 Å². The van der Waals surface area contributed by atoms with E-state index < -0.39 is 5.12 Å². The Hall–Kier alpha value is -1.17. The molecule has 0 spiro atoms. The van der Waals surface area contributed by atoms with Crippen LogP contribution in [0, 0.1) is 0 Å². The molecule has 0 bridgehead atoms. The van der Waals surface area contributed by atoms with Gasteiger partial charge in [0.1, 0.15) is 0 Å². The Morgan fingerprint density at radius 3 is 3.32 bits per heavy atom. The van der Waals surface area contributed by atoms with Crippen LogP contribution < -0.4 is 10.7 Å². The highest BCUT2D eigenvalue weighted by molar-refractivity contribution is 6.24. The standard InChI is InChI=1S/C13H18ClN5/c1-19-6-2-3-11(9-19)17-13(14)12-8-15-5-4-10(12)7-16-18-13/h4-5,7-8,11,17-18H,2-3,6,9H2,1H3. The molecule has 102 valence electrons. The van der Waals surface area contributed by atoms with Gasteiger partial charge in [0, 0.05) is 36.1 Å². The largest absolute Gasteiger partial charge is 0.305 e. The monoisotopic (exact) mass is 279 g/mol. The number of nitrogens with one attached hydrogen (secondary N) is 2. The number of piperidine rings is 1. The number of hydrazone groups is 1. The molecule has 3 rings (SSSR count). The number of hydrogen-bond donors (Lipinski definition) is 2. The first-order chi connectivity index (χ1) is 9.17. The molecule has 0 saturated carbocycles. The second kappa shape index (κ2) is 5.07. The summed E-state index contributed by atoms with van der Waals surface area (Å²) in [5.74, 6) is 0. The van der Waals surface area contributed by atoms with Crippen molar-refractivity contribution in [1.29, 1.82) is 0 Å². The first kappa shape index (κ1) is 12.8. The van der Waals surface area contributed by atoms with E-state index in [-0.39, 0.29) is 0 Å². The SMILES string of the molecule is CN1CCCC(NC2(Cl)NN=Cc3ccncc32)C1. The molecule has 0 aliphatic carbocycles. The fourth-order valence-corrected chi connectivity index (χ4v) is 3.09. The van der Waals surface area contributed by atoms with Crippen LogP contribution in [-0.4, -0.2) is 42.3 Å². The third-order valence-corrected chi connectivity index (χ3v) is 4.07. The third-order valence-electron chi connectivity index (χ3n) is 3.68. The molecular formula is C13H18ClN5. The summed E-state index contributed by atoms with van der Waals surface area (Å²) in [7, 11) is 2.14. The number of halogens is 1. The second-order valence-corrected chi connectivity index (χ2v) is 5.80. The summed E-state index contributed by atoms with van der Waals surface area (Å²) in [6, 6.07) is 2.27. The van der Waals surface area contributed by atoms with E-state index in [1.54, 1.807) is 18.6 Å². The lowest BCUT2D eigenvalue weighted by molar-refractivity contribution is 0.197. The Labute approximate surface area is 118 Å². The normalized spacial score (nSPS) is 30.7. The maximum atomic E-state index is 6.69. The molecule has 0 aromatic carbocycles. The van der Waals surface area contributed by atoms with Crippen LogP contribution in [0.25, 0.3) is 0 Å². The molecule has 2 aliphatic heterocycles. The summed E-state index contributed by atoms with van der Waals surface area (Å²) in [4.78, 5) is 6.48. The molecule has 5 nitrogen and oxygen atoms in total. The first-order valence-electron chi connectivity index (χ1n) is 6.57. The van der Waals surface area contributed by atoms with Gasteiger partial charge in [-0.15, -0.1) is 0 Å². The van der Waals surface area contributed by atoms with Crippen LogP contribution in [0.5, 0.6) is 0 Å². The summed E-state index contributed by atoms with van der Waals surface area (Å²) < 4.78 is 0. The van der Waals surface area contributed by atoms with Crippen LogP contribution in [-0.2, 0) is 5.12 Å². The second-order valence-electron chi connectivity index (χ2n) is 5.24. The Bertz CT molecular complexity index is 492. The highest BCUT2D eigenvalue weighted by Crippen LogP contribution is 2.29. The van der Waals surface area contributed by atoms with E-state index in [4.69, 9.17) is 11.6 Å². The van der Waals surface area contributed by atoms with Crippen molar-refractivity contribution in [3.05, 3.63) is 29.6 Å². The van der Waals surface area contributed by atoms with Crippen LogP contribution in [0.15, 0.2) is 23.6 Å². The number of hydrogen-bond acceptors (Lipinski definition) is 5. The molecule has 1 saturated heterocycles. The lowest BCUT2D eigenvalue weighted by Crippen LogP contribution is -2.57. The van der Waals surface area contributed by atoms with E-state index in [1.165, 1.54) is 6.42 Å². The lowest BCUT2D eigenvalue weighted by atomic mass is 10.0. The van der Waals surface area contributed by atoms with Crippen LogP contribution in [0.1, 0.15) is 24.0 Å². The van der Waals surface area contributed by atoms with Crippen molar-refractivity contribution in [1.82, 2.24) is 20.6 Å². The van der Waals surface area contributed by atoms with Gasteiger partial charge in [0.2, 0.25) is 5.12 Å². The van der Waals surface area contributed by atoms with Gasteiger partial charge in [0.05, 0.1) is 6.21 Å². The number of likely N-dealkylation sites (tertiary alicyclic amines) is 1. The van der Waals surface area contributed by atoms with Gasteiger partial charge >= 0.3 is 0 Å². The van der Waals surface area contributed by atoms with Crippen LogP contribution in [0.4, 0.5) is 0 Å². The molecule has 6 heteroatoms. The number of pyridine rings is 1. The number of aromatic nitrogens is 1. The maximum Gasteiger partial charge on any atom is 0.209 e. The molecule has 2 atom stereocenters. The van der Waals surface area contributed by atoms with Crippen molar-refractivity contribution < 1.29 is 0 Å². The van der Waals surface area contributed by atoms with Crippen LogP contribution in [0.2, 0.25) is 0 Å². The molecule has 2 aliphatic rings. The number of fused-ring (bicyclic) bond motifs is 1. The van der Waals surface area contributed by atoms with Gasteiger partial charge in [0.25, 0.3) is 0 Å². The lowest BCUT2D eigenvalue weighted by Gasteiger charge is -2.38. The molecule has 1 fully saturated rings. The Balaban J connectivity index is 1.81. The van der Waals surface area contributed by atoms with E-state index in [9.17, 15) is 0 Å². The van der Waals surface area contributed by atoms with Crippen LogP contribution in [0.3, 0.4) is 0 Å². The van der Waals surface area contributed by atoms with Gasteiger partial charge in [0.15, 0.2) is 0 Å². The molecule has 3 heterocycles. The molecule has 2 N–H and O–H groups in total. The minimum atomic E-state index is -0.860. The predicted octanol–water partition coefficient (Wildman–Crippen LogP) is 1.05. The van der Waals surface area contributed by atoms with Crippen molar-refractivity contribution >= 4 is 17.8 Å². The highest BCUT2D eigenvalue weighted by Gasteiger charge is 2.36. The van der Waals surface area contributed by atoms with Gasteiger partial charge in [-0.2, -0.15) is 5.10 Å². The van der Waals surface area contributed by atoms with Crippen molar-refractivity contribution in [2.75, 3.05) is 20.1 Å². The first-order valence-corrected chi connectivity index (χ1v) is 6.95. The minimum Gasteiger partial charge on any atom is -0.305 e. The molecule has 0 radical (unpaired) electrons. The molecular weight excluding hydrogens is 262 g/mol.